The summed E-state index contributed by atoms with van der Waals surface area (Å²) < 4.78 is 4.99. The number of hydrogen-bond donors (Lipinski definition) is 1. The number of rotatable bonds is 6. The zero-order valence-corrected chi connectivity index (χ0v) is 15.1. The highest BCUT2D eigenvalue weighted by atomic mass is 35.5. The number of hydrogen-bond acceptors (Lipinski definition) is 5. The summed E-state index contributed by atoms with van der Waals surface area (Å²) in [4.78, 5) is 16.9. The molecule has 7 heteroatoms. The third-order valence-electron chi connectivity index (χ3n) is 4.46. The first kappa shape index (κ1) is 17.8. The van der Waals surface area contributed by atoms with Crippen molar-refractivity contribution in [2.75, 3.05) is 42.9 Å². The van der Waals surface area contributed by atoms with E-state index in [2.05, 4.69) is 39.3 Å². The number of carbonyl (C=O) groups is 1. The van der Waals surface area contributed by atoms with Gasteiger partial charge in [0.2, 0.25) is 5.91 Å². The highest BCUT2D eigenvalue weighted by Gasteiger charge is 2.15. The summed E-state index contributed by atoms with van der Waals surface area (Å²) in [6.45, 7) is 7.59. The molecule has 0 aliphatic carbocycles. The molecule has 0 bridgehead atoms. The van der Waals surface area contributed by atoms with E-state index >= 15 is 0 Å². The van der Waals surface area contributed by atoms with Crippen LogP contribution in [-0.2, 0) is 11.2 Å². The zero-order valence-electron chi connectivity index (χ0n) is 14.4. The van der Waals surface area contributed by atoms with Crippen LogP contribution in [0.25, 0.3) is 0 Å². The van der Waals surface area contributed by atoms with E-state index in [0.29, 0.717) is 23.8 Å². The lowest BCUT2D eigenvalue weighted by molar-refractivity contribution is -0.116. The first-order chi connectivity index (χ1) is 12.1. The smallest absolute Gasteiger partial charge is 0.224 e. The monoisotopic (exact) mass is 362 g/mol. The molecule has 2 heterocycles. The average Bonchev–Trinajstić information content (AvgIpc) is 3.06. The standard InChI is InChI=1S/C18H23ClN4O2/c1-2-22-9-11-23(12-10-22)15-5-3-14(4-6-15)20-18(24)8-7-16-13-17(19)21-25-16/h3-6,13H,2,7-12H2,1H3,(H,20,24). The average molecular weight is 363 g/mol. The van der Waals surface area contributed by atoms with E-state index in [-0.39, 0.29) is 5.91 Å². The van der Waals surface area contributed by atoms with Crippen LogP contribution in [0.1, 0.15) is 19.1 Å². The van der Waals surface area contributed by atoms with Crippen LogP contribution in [-0.4, -0.2) is 48.7 Å². The van der Waals surface area contributed by atoms with Gasteiger partial charge in [-0.2, -0.15) is 0 Å². The summed E-state index contributed by atoms with van der Waals surface area (Å²) in [5, 5.41) is 6.81. The van der Waals surface area contributed by atoms with E-state index in [4.69, 9.17) is 16.1 Å². The number of amides is 1. The van der Waals surface area contributed by atoms with Crippen molar-refractivity contribution in [3.05, 3.63) is 41.2 Å². The molecule has 0 unspecified atom stereocenters. The maximum Gasteiger partial charge on any atom is 0.224 e. The predicted molar refractivity (Wildman–Crippen MR) is 99.2 cm³/mol. The predicted octanol–water partition coefficient (Wildman–Crippen LogP) is 3.04. The number of anilines is 2. The molecule has 1 amide bonds. The normalized spacial score (nSPS) is 15.4. The van der Waals surface area contributed by atoms with Crippen LogP contribution >= 0.6 is 11.6 Å². The van der Waals surface area contributed by atoms with Gasteiger partial charge in [-0.25, -0.2) is 0 Å². The second-order valence-electron chi connectivity index (χ2n) is 6.13. The number of aromatic nitrogens is 1. The van der Waals surface area contributed by atoms with Gasteiger partial charge in [0.05, 0.1) is 0 Å². The van der Waals surface area contributed by atoms with Gasteiger partial charge in [-0.05, 0) is 30.8 Å². The topological polar surface area (TPSA) is 61.6 Å². The van der Waals surface area contributed by atoms with Gasteiger partial charge in [-0.15, -0.1) is 0 Å². The fourth-order valence-corrected chi connectivity index (χ4v) is 3.10. The molecule has 1 N–H and O–H groups in total. The molecule has 6 nitrogen and oxygen atoms in total. The molecule has 1 aromatic heterocycles. The van der Waals surface area contributed by atoms with E-state index in [9.17, 15) is 4.79 Å². The lowest BCUT2D eigenvalue weighted by atomic mass is 10.2. The molecule has 134 valence electrons. The Kier molecular flexibility index (Phi) is 5.94. The highest BCUT2D eigenvalue weighted by Crippen LogP contribution is 2.20. The van der Waals surface area contributed by atoms with Crippen molar-refractivity contribution in [2.45, 2.75) is 19.8 Å². The highest BCUT2D eigenvalue weighted by molar-refractivity contribution is 6.29. The van der Waals surface area contributed by atoms with E-state index in [0.717, 1.165) is 38.4 Å². The SMILES string of the molecule is CCN1CCN(c2ccc(NC(=O)CCc3cc(Cl)no3)cc2)CC1. The Morgan fingerprint density at radius 3 is 2.56 bits per heavy atom. The largest absolute Gasteiger partial charge is 0.369 e. The Morgan fingerprint density at radius 1 is 1.24 bits per heavy atom. The van der Waals surface area contributed by atoms with Gasteiger partial charge in [-0.3, -0.25) is 4.79 Å². The second kappa shape index (κ2) is 8.36. The van der Waals surface area contributed by atoms with E-state index < -0.39 is 0 Å². The lowest BCUT2D eigenvalue weighted by Crippen LogP contribution is -2.46. The Morgan fingerprint density at radius 2 is 1.96 bits per heavy atom. The minimum Gasteiger partial charge on any atom is -0.369 e. The van der Waals surface area contributed by atoms with E-state index in [1.165, 1.54) is 5.69 Å². The van der Waals surface area contributed by atoms with Crippen LogP contribution in [0.4, 0.5) is 11.4 Å². The van der Waals surface area contributed by atoms with Crippen molar-refractivity contribution >= 4 is 28.9 Å². The molecule has 1 saturated heterocycles. The minimum atomic E-state index is -0.0585. The number of halogens is 1. The van der Waals surface area contributed by atoms with E-state index in [1.54, 1.807) is 6.07 Å². The summed E-state index contributed by atoms with van der Waals surface area (Å²) in [5.74, 6) is 0.554. The molecular weight excluding hydrogens is 340 g/mol. The molecule has 2 aromatic rings. The number of nitrogens with zero attached hydrogens (tertiary/aromatic N) is 3. The van der Waals surface area contributed by atoms with Crippen LogP contribution in [0.3, 0.4) is 0 Å². The summed E-state index contributed by atoms with van der Waals surface area (Å²) in [7, 11) is 0. The Labute approximate surface area is 152 Å². The number of carbonyl (C=O) groups excluding carboxylic acids is 1. The molecule has 1 aromatic carbocycles. The van der Waals surface area contributed by atoms with Gasteiger partial charge in [-0.1, -0.05) is 23.7 Å². The molecule has 0 radical (unpaired) electrons. The van der Waals surface area contributed by atoms with Crippen molar-refractivity contribution in [1.29, 1.82) is 0 Å². The second-order valence-corrected chi connectivity index (χ2v) is 6.52. The summed E-state index contributed by atoms with van der Waals surface area (Å²) >= 11 is 5.69. The van der Waals surface area contributed by atoms with Crippen LogP contribution in [0.15, 0.2) is 34.9 Å². The van der Waals surface area contributed by atoms with Crippen LogP contribution in [0.2, 0.25) is 5.15 Å². The number of nitrogens with one attached hydrogen (secondary N) is 1. The van der Waals surface area contributed by atoms with Crippen molar-refractivity contribution in [3.63, 3.8) is 0 Å². The molecule has 0 saturated carbocycles. The Bertz CT molecular complexity index is 693. The first-order valence-corrected chi connectivity index (χ1v) is 9.00. The molecule has 1 aliphatic rings. The zero-order chi connectivity index (χ0) is 17.6. The first-order valence-electron chi connectivity index (χ1n) is 8.62. The fraction of sp³-hybridized carbons (Fsp3) is 0.444. The van der Waals surface area contributed by atoms with Crippen LogP contribution < -0.4 is 10.2 Å². The summed E-state index contributed by atoms with van der Waals surface area (Å²) in [6.07, 6.45) is 0.803. The molecule has 3 rings (SSSR count). The van der Waals surface area contributed by atoms with Gasteiger partial charge in [0.25, 0.3) is 0 Å². The quantitative estimate of drug-likeness (QED) is 0.855. The summed E-state index contributed by atoms with van der Waals surface area (Å²) in [6, 6.07) is 9.65. The van der Waals surface area contributed by atoms with Crippen molar-refractivity contribution in [3.8, 4) is 0 Å². The van der Waals surface area contributed by atoms with Gasteiger partial charge in [0.15, 0.2) is 5.15 Å². The van der Waals surface area contributed by atoms with Gasteiger partial charge in [0, 0.05) is 56.5 Å². The molecule has 1 aliphatic heterocycles. The van der Waals surface area contributed by atoms with Gasteiger partial charge in [0.1, 0.15) is 5.76 Å². The number of aryl methyl sites for hydroxylation is 1. The van der Waals surface area contributed by atoms with Gasteiger partial charge < -0.3 is 19.6 Å². The van der Waals surface area contributed by atoms with Crippen molar-refractivity contribution in [1.82, 2.24) is 10.1 Å². The molecule has 0 spiro atoms. The van der Waals surface area contributed by atoms with Crippen molar-refractivity contribution < 1.29 is 9.32 Å². The summed E-state index contributed by atoms with van der Waals surface area (Å²) in [5.41, 5.74) is 2.00. The minimum absolute atomic E-state index is 0.0585. The molecule has 0 atom stereocenters. The van der Waals surface area contributed by atoms with Crippen LogP contribution in [0, 0.1) is 0 Å². The van der Waals surface area contributed by atoms with Gasteiger partial charge >= 0.3 is 0 Å². The Balaban J connectivity index is 1.48. The third kappa shape index (κ3) is 4.96. The molecular formula is C18H23ClN4O2. The maximum absolute atomic E-state index is 12.0. The van der Waals surface area contributed by atoms with Crippen molar-refractivity contribution in [2.24, 2.45) is 0 Å². The fourth-order valence-electron chi connectivity index (χ4n) is 2.94. The number of likely N-dealkylation sites (N-methyl/N-ethyl adjacent to an activating group) is 1. The lowest BCUT2D eigenvalue weighted by Gasteiger charge is -2.35. The molecule has 25 heavy (non-hydrogen) atoms. The Hall–Kier alpha value is -2.05. The molecule has 1 fully saturated rings. The van der Waals surface area contributed by atoms with E-state index in [1.807, 2.05) is 12.1 Å². The maximum atomic E-state index is 12.0. The van der Waals surface area contributed by atoms with Crippen LogP contribution in [0.5, 0.6) is 0 Å². The third-order valence-corrected chi connectivity index (χ3v) is 4.64. The number of benzene rings is 1. The number of piperazine rings is 1.